The van der Waals surface area contributed by atoms with E-state index in [2.05, 4.69) is 32.8 Å². The van der Waals surface area contributed by atoms with Gasteiger partial charge in [-0.1, -0.05) is 6.92 Å². The molecule has 0 aromatic heterocycles. The van der Waals surface area contributed by atoms with Crippen molar-refractivity contribution in [3.63, 3.8) is 0 Å². The number of guanidine groups is 1. The number of aliphatic hydroxyl groups is 1. The van der Waals surface area contributed by atoms with Crippen molar-refractivity contribution in [3.8, 4) is 0 Å². The molecule has 1 fully saturated rings. The fourth-order valence-electron chi connectivity index (χ4n) is 2.43. The van der Waals surface area contributed by atoms with E-state index in [-0.39, 0.29) is 36.5 Å². The molecule has 8 heteroatoms. The highest BCUT2D eigenvalue weighted by Gasteiger charge is 2.21. The molecule has 0 aromatic carbocycles. The van der Waals surface area contributed by atoms with Gasteiger partial charge in [-0.05, 0) is 26.2 Å². The van der Waals surface area contributed by atoms with Crippen molar-refractivity contribution in [3.05, 3.63) is 0 Å². The number of piperidine rings is 1. The molecule has 0 bridgehead atoms. The number of nitrogens with one attached hydrogen (secondary N) is 3. The lowest BCUT2D eigenvalue weighted by atomic mass is 10.1. The van der Waals surface area contributed by atoms with Crippen LogP contribution in [0.5, 0.6) is 0 Å². The molecule has 0 radical (unpaired) electrons. The molecule has 23 heavy (non-hydrogen) atoms. The third-order valence-electron chi connectivity index (χ3n) is 3.58. The highest BCUT2D eigenvalue weighted by molar-refractivity contribution is 14.0. The highest BCUT2D eigenvalue weighted by atomic mass is 127. The number of aliphatic hydroxyl groups excluding tert-OH is 1. The molecule has 1 heterocycles. The Bertz CT molecular complexity index is 347. The monoisotopic (exact) mass is 441 g/mol. The Kier molecular flexibility index (Phi) is 13.4. The van der Waals surface area contributed by atoms with E-state index in [4.69, 9.17) is 5.11 Å². The lowest BCUT2D eigenvalue weighted by Gasteiger charge is -2.32. The minimum absolute atomic E-state index is 0. The summed E-state index contributed by atoms with van der Waals surface area (Å²) in [5.74, 6) is 0.877. The summed E-state index contributed by atoms with van der Waals surface area (Å²) < 4.78 is 0. The van der Waals surface area contributed by atoms with Crippen molar-refractivity contribution < 1.29 is 9.90 Å². The first-order valence-electron chi connectivity index (χ1n) is 8.34. The Morgan fingerprint density at radius 2 is 1.96 bits per heavy atom. The lowest BCUT2D eigenvalue weighted by Crippen LogP contribution is -2.50. The molecule has 4 N–H and O–H groups in total. The van der Waals surface area contributed by atoms with E-state index in [1.165, 1.54) is 0 Å². The van der Waals surface area contributed by atoms with E-state index in [9.17, 15) is 4.79 Å². The van der Waals surface area contributed by atoms with E-state index in [1.54, 1.807) is 0 Å². The average molecular weight is 441 g/mol. The number of likely N-dealkylation sites (tertiary alicyclic amines) is 1. The fraction of sp³-hybridized carbons (Fsp3) is 0.867. The number of halogens is 1. The van der Waals surface area contributed by atoms with Crippen LogP contribution in [0, 0.1) is 0 Å². The first kappa shape index (κ1) is 22.4. The van der Waals surface area contributed by atoms with Crippen LogP contribution < -0.4 is 16.0 Å². The van der Waals surface area contributed by atoms with Crippen molar-refractivity contribution in [2.45, 2.75) is 39.2 Å². The standard InChI is InChI=1S/C15H31N5O2.HI/c1-3-7-17-14(22)12-20-9-5-13(6-10-20)19-15(16-4-2)18-8-11-21;/h13,21H,3-12H2,1-2H3,(H,17,22)(H2,16,18,19);1H. The zero-order valence-electron chi connectivity index (χ0n) is 14.3. The average Bonchev–Trinajstić information content (AvgIpc) is 2.52. The molecule has 0 aliphatic carbocycles. The zero-order valence-corrected chi connectivity index (χ0v) is 16.6. The van der Waals surface area contributed by atoms with Gasteiger partial charge in [0.2, 0.25) is 5.91 Å². The van der Waals surface area contributed by atoms with Crippen molar-refractivity contribution in [2.24, 2.45) is 4.99 Å². The molecular weight excluding hydrogens is 409 g/mol. The van der Waals surface area contributed by atoms with Crippen LogP contribution >= 0.6 is 24.0 Å². The number of hydrogen-bond acceptors (Lipinski definition) is 4. The molecule has 1 amide bonds. The number of carbonyl (C=O) groups excluding carboxylic acids is 1. The van der Waals surface area contributed by atoms with Crippen LogP contribution in [0.25, 0.3) is 0 Å². The summed E-state index contributed by atoms with van der Waals surface area (Å²) in [5.41, 5.74) is 0. The molecule has 0 unspecified atom stereocenters. The van der Waals surface area contributed by atoms with Gasteiger partial charge in [-0.2, -0.15) is 0 Å². The van der Waals surface area contributed by atoms with Gasteiger partial charge in [0.05, 0.1) is 19.7 Å². The predicted molar refractivity (Wildman–Crippen MR) is 104 cm³/mol. The van der Waals surface area contributed by atoms with Gasteiger partial charge >= 0.3 is 0 Å². The first-order chi connectivity index (χ1) is 10.7. The molecule has 0 aromatic rings. The van der Waals surface area contributed by atoms with E-state index in [1.807, 2.05) is 6.92 Å². The Hall–Kier alpha value is -0.610. The SMILES string of the molecule is CCCNC(=O)CN1CCC(NC(=NCCO)NCC)CC1.I. The van der Waals surface area contributed by atoms with Crippen molar-refractivity contribution in [2.75, 3.05) is 45.9 Å². The number of carbonyl (C=O) groups is 1. The summed E-state index contributed by atoms with van der Waals surface area (Å²) in [6, 6.07) is 0.367. The van der Waals surface area contributed by atoms with Crippen LogP contribution in [-0.4, -0.2) is 73.8 Å². The van der Waals surface area contributed by atoms with Gasteiger partial charge < -0.3 is 21.1 Å². The second-order valence-corrected chi connectivity index (χ2v) is 5.53. The van der Waals surface area contributed by atoms with Crippen molar-refractivity contribution >= 4 is 35.8 Å². The molecular formula is C15H32IN5O2. The lowest BCUT2D eigenvalue weighted by molar-refractivity contribution is -0.122. The minimum Gasteiger partial charge on any atom is -0.394 e. The van der Waals surface area contributed by atoms with E-state index in [0.717, 1.165) is 51.4 Å². The molecule has 7 nitrogen and oxygen atoms in total. The van der Waals surface area contributed by atoms with Crippen molar-refractivity contribution in [1.29, 1.82) is 0 Å². The number of rotatable bonds is 8. The van der Waals surface area contributed by atoms with Crippen molar-refractivity contribution in [1.82, 2.24) is 20.9 Å². The minimum atomic E-state index is 0. The molecule has 1 aliphatic rings. The zero-order chi connectivity index (χ0) is 16.2. The van der Waals surface area contributed by atoms with Gasteiger partial charge in [-0.3, -0.25) is 14.7 Å². The molecule has 136 valence electrons. The topological polar surface area (TPSA) is 89.0 Å². The molecule has 0 atom stereocenters. The molecule has 1 aliphatic heterocycles. The Balaban J connectivity index is 0.00000484. The van der Waals surface area contributed by atoms with Crippen LogP contribution in [0.1, 0.15) is 33.1 Å². The Labute approximate surface area is 156 Å². The number of aliphatic imine (C=N–C) groups is 1. The fourth-order valence-corrected chi connectivity index (χ4v) is 2.43. The third kappa shape index (κ3) is 9.98. The summed E-state index contributed by atoms with van der Waals surface area (Å²) in [4.78, 5) is 18.2. The van der Waals surface area contributed by atoms with Gasteiger partial charge in [0, 0.05) is 32.2 Å². The maximum absolute atomic E-state index is 11.7. The van der Waals surface area contributed by atoms with Crippen LogP contribution in [0.3, 0.4) is 0 Å². The Morgan fingerprint density at radius 1 is 1.26 bits per heavy atom. The normalized spacial score (nSPS) is 16.6. The predicted octanol–water partition coefficient (Wildman–Crippen LogP) is 0.142. The third-order valence-corrected chi connectivity index (χ3v) is 3.58. The maximum atomic E-state index is 11.7. The van der Waals surface area contributed by atoms with Gasteiger partial charge in [0.1, 0.15) is 0 Å². The van der Waals surface area contributed by atoms with E-state index in [0.29, 0.717) is 19.1 Å². The second-order valence-electron chi connectivity index (χ2n) is 5.53. The number of amides is 1. The maximum Gasteiger partial charge on any atom is 0.234 e. The second kappa shape index (κ2) is 13.8. The summed E-state index contributed by atoms with van der Waals surface area (Å²) in [7, 11) is 0. The smallest absolute Gasteiger partial charge is 0.234 e. The summed E-state index contributed by atoms with van der Waals surface area (Å²) in [6.07, 6.45) is 2.95. The van der Waals surface area contributed by atoms with E-state index >= 15 is 0 Å². The van der Waals surface area contributed by atoms with Crippen LogP contribution in [0.4, 0.5) is 0 Å². The summed E-state index contributed by atoms with van der Waals surface area (Å²) in [6.45, 7) is 8.41. The summed E-state index contributed by atoms with van der Waals surface area (Å²) in [5, 5.41) is 18.4. The largest absolute Gasteiger partial charge is 0.394 e. The van der Waals surface area contributed by atoms with Gasteiger partial charge in [0.15, 0.2) is 5.96 Å². The number of hydrogen-bond donors (Lipinski definition) is 4. The van der Waals surface area contributed by atoms with Crippen LogP contribution in [0.15, 0.2) is 4.99 Å². The van der Waals surface area contributed by atoms with Gasteiger partial charge in [0.25, 0.3) is 0 Å². The molecule has 1 rings (SSSR count). The van der Waals surface area contributed by atoms with E-state index < -0.39 is 0 Å². The first-order valence-corrected chi connectivity index (χ1v) is 8.34. The highest BCUT2D eigenvalue weighted by Crippen LogP contribution is 2.09. The quantitative estimate of drug-likeness (QED) is 0.245. The molecule has 0 spiro atoms. The Morgan fingerprint density at radius 3 is 2.52 bits per heavy atom. The summed E-state index contributed by atoms with van der Waals surface area (Å²) >= 11 is 0. The molecule has 0 saturated carbocycles. The van der Waals surface area contributed by atoms with Gasteiger partial charge in [-0.15, -0.1) is 24.0 Å². The van der Waals surface area contributed by atoms with Crippen LogP contribution in [-0.2, 0) is 4.79 Å². The van der Waals surface area contributed by atoms with Crippen LogP contribution in [0.2, 0.25) is 0 Å². The molecule has 1 saturated heterocycles. The van der Waals surface area contributed by atoms with Gasteiger partial charge in [-0.25, -0.2) is 0 Å². The number of nitrogens with zero attached hydrogens (tertiary/aromatic N) is 2.